The Labute approximate surface area is 205 Å². The van der Waals surface area contributed by atoms with E-state index in [-0.39, 0.29) is 29.3 Å². The van der Waals surface area contributed by atoms with Gasteiger partial charge >= 0.3 is 0 Å². The summed E-state index contributed by atoms with van der Waals surface area (Å²) >= 11 is 6.02. The van der Waals surface area contributed by atoms with Gasteiger partial charge in [-0.05, 0) is 74.8 Å². The monoisotopic (exact) mass is 506 g/mol. The molecule has 2 aromatic carbocycles. The number of sulfonamides is 1. The van der Waals surface area contributed by atoms with E-state index in [2.05, 4.69) is 9.62 Å². The maximum atomic E-state index is 13.3. The molecule has 34 heavy (non-hydrogen) atoms. The lowest BCUT2D eigenvalue weighted by molar-refractivity contribution is -0.146. The molecule has 2 atom stereocenters. The van der Waals surface area contributed by atoms with Crippen molar-refractivity contribution in [3.63, 3.8) is 0 Å². The molecular weight excluding hydrogens is 476 g/mol. The molecule has 0 bridgehead atoms. The molecule has 0 radical (unpaired) electrons. The number of carbonyl (C=O) groups excluding carboxylic acids is 2. The van der Waals surface area contributed by atoms with Crippen molar-refractivity contribution < 1.29 is 18.0 Å². The van der Waals surface area contributed by atoms with Crippen LogP contribution in [0.4, 0.5) is 0 Å². The first-order valence-corrected chi connectivity index (χ1v) is 13.3. The Balaban J connectivity index is 1.48. The van der Waals surface area contributed by atoms with E-state index in [1.165, 1.54) is 11.0 Å². The highest BCUT2D eigenvalue weighted by atomic mass is 35.5. The van der Waals surface area contributed by atoms with Crippen molar-refractivity contribution in [1.29, 1.82) is 0 Å². The van der Waals surface area contributed by atoms with Gasteiger partial charge in [-0.1, -0.05) is 23.7 Å². The van der Waals surface area contributed by atoms with Gasteiger partial charge in [0.25, 0.3) is 0 Å². The minimum atomic E-state index is -3.97. The number of benzene rings is 2. The summed E-state index contributed by atoms with van der Waals surface area (Å²) in [5.41, 5.74) is -1.32. The predicted molar refractivity (Wildman–Crippen MR) is 132 cm³/mol. The smallest absolute Gasteiger partial charge is 0.244 e. The van der Waals surface area contributed by atoms with Crippen molar-refractivity contribution in [3.8, 4) is 0 Å². The topological polar surface area (TPSA) is 90.0 Å². The second-order valence-electron chi connectivity index (χ2n) is 9.63. The van der Waals surface area contributed by atoms with Crippen molar-refractivity contribution >= 4 is 44.2 Å². The van der Waals surface area contributed by atoms with Crippen LogP contribution in [-0.4, -0.2) is 86.8 Å². The quantitative estimate of drug-likeness (QED) is 0.649. The number of likely N-dealkylation sites (tertiary alicyclic amines) is 2. The number of likely N-dealkylation sites (N-methyl/N-ethyl adjacent to an activating group) is 2. The lowest BCUT2D eigenvalue weighted by Gasteiger charge is -2.40. The Kier molecular flexibility index (Phi) is 6.92. The number of amides is 2. The first-order valence-electron chi connectivity index (χ1n) is 11.5. The third kappa shape index (κ3) is 5.07. The lowest BCUT2D eigenvalue weighted by atomic mass is 9.91. The van der Waals surface area contributed by atoms with Gasteiger partial charge in [0.2, 0.25) is 21.8 Å². The largest absolute Gasteiger partial charge is 0.340 e. The van der Waals surface area contributed by atoms with Gasteiger partial charge in [0, 0.05) is 31.2 Å². The molecule has 2 aromatic rings. The summed E-state index contributed by atoms with van der Waals surface area (Å²) in [6, 6.07) is 10.1. The fourth-order valence-corrected chi connectivity index (χ4v) is 6.46. The summed E-state index contributed by atoms with van der Waals surface area (Å²) in [6.07, 6.45) is 1.87. The van der Waals surface area contributed by atoms with Crippen LogP contribution in [0.2, 0.25) is 5.02 Å². The summed E-state index contributed by atoms with van der Waals surface area (Å²) in [6.45, 7) is 3.72. The zero-order valence-electron chi connectivity index (χ0n) is 19.8. The number of fused-ring (bicyclic) bond motifs is 1. The van der Waals surface area contributed by atoms with Crippen molar-refractivity contribution in [2.45, 2.75) is 42.7 Å². The van der Waals surface area contributed by atoms with E-state index in [4.69, 9.17) is 11.6 Å². The third-order valence-corrected chi connectivity index (χ3v) is 8.77. The molecule has 2 fully saturated rings. The zero-order chi connectivity index (χ0) is 24.7. The van der Waals surface area contributed by atoms with Gasteiger partial charge in [-0.3, -0.25) is 9.59 Å². The van der Waals surface area contributed by atoms with Crippen LogP contribution in [0.25, 0.3) is 10.8 Å². The van der Waals surface area contributed by atoms with Crippen LogP contribution in [0.3, 0.4) is 0 Å². The number of halogens is 1. The average molecular weight is 507 g/mol. The van der Waals surface area contributed by atoms with Gasteiger partial charge in [0.15, 0.2) is 0 Å². The number of carbonyl (C=O) groups is 2. The number of nitrogens with one attached hydrogen (secondary N) is 1. The molecule has 10 heteroatoms. The summed E-state index contributed by atoms with van der Waals surface area (Å²) < 4.78 is 29.1. The predicted octanol–water partition coefficient (Wildman–Crippen LogP) is 2.32. The van der Waals surface area contributed by atoms with E-state index in [0.717, 1.165) is 30.3 Å². The minimum Gasteiger partial charge on any atom is -0.340 e. The molecule has 0 aliphatic carbocycles. The summed E-state index contributed by atoms with van der Waals surface area (Å²) in [5, 5.41) is 2.13. The molecule has 0 spiro atoms. The van der Waals surface area contributed by atoms with Crippen LogP contribution in [0.5, 0.6) is 0 Å². The Morgan fingerprint density at radius 1 is 1.21 bits per heavy atom. The van der Waals surface area contributed by atoms with Gasteiger partial charge in [0.05, 0.1) is 11.4 Å². The van der Waals surface area contributed by atoms with E-state index in [1.807, 2.05) is 7.05 Å². The van der Waals surface area contributed by atoms with E-state index in [0.29, 0.717) is 24.4 Å². The normalized spacial score (nSPS) is 24.1. The molecule has 2 saturated heterocycles. The van der Waals surface area contributed by atoms with E-state index >= 15 is 0 Å². The van der Waals surface area contributed by atoms with Crippen molar-refractivity contribution in [1.82, 2.24) is 19.4 Å². The average Bonchev–Trinajstić information content (AvgIpc) is 3.22. The van der Waals surface area contributed by atoms with E-state index < -0.39 is 15.6 Å². The first-order chi connectivity index (χ1) is 16.0. The number of hydrogen-bond donors (Lipinski definition) is 1. The van der Waals surface area contributed by atoms with Crippen LogP contribution < -0.4 is 4.72 Å². The SMILES string of the molecule is CN1CCC(N(C)C(=O)CN2CCCC(C)(NS(=O)(=O)c3ccc4cc(Cl)ccc4c3)C2=O)C1. The lowest BCUT2D eigenvalue weighted by Crippen LogP contribution is -2.62. The summed E-state index contributed by atoms with van der Waals surface area (Å²) in [4.78, 5) is 31.7. The van der Waals surface area contributed by atoms with Crippen LogP contribution in [0.15, 0.2) is 41.3 Å². The first kappa shape index (κ1) is 24.9. The number of piperidine rings is 1. The molecule has 2 amide bonds. The van der Waals surface area contributed by atoms with E-state index in [1.54, 1.807) is 49.2 Å². The summed E-state index contributed by atoms with van der Waals surface area (Å²) in [7, 11) is -0.176. The van der Waals surface area contributed by atoms with Gasteiger partial charge in [-0.2, -0.15) is 4.72 Å². The number of nitrogens with zero attached hydrogens (tertiary/aromatic N) is 3. The molecule has 184 valence electrons. The molecular formula is C24H31ClN4O4S. The highest BCUT2D eigenvalue weighted by Gasteiger charge is 2.44. The molecule has 2 aliphatic heterocycles. The Hall–Kier alpha value is -2.20. The fraction of sp³-hybridized carbons (Fsp3) is 0.500. The third-order valence-electron chi connectivity index (χ3n) is 6.94. The molecule has 2 aliphatic rings. The Bertz CT molecular complexity index is 1220. The fourth-order valence-electron chi connectivity index (χ4n) is 4.85. The van der Waals surface area contributed by atoms with Crippen LogP contribution in [0, 0.1) is 0 Å². The molecule has 4 rings (SSSR count). The van der Waals surface area contributed by atoms with Crippen LogP contribution >= 0.6 is 11.6 Å². The second-order valence-corrected chi connectivity index (χ2v) is 11.7. The maximum absolute atomic E-state index is 13.3. The van der Waals surface area contributed by atoms with Gasteiger partial charge in [-0.15, -0.1) is 0 Å². The van der Waals surface area contributed by atoms with Crippen molar-refractivity contribution in [2.75, 3.05) is 40.3 Å². The van der Waals surface area contributed by atoms with Gasteiger partial charge in [0.1, 0.15) is 5.54 Å². The molecule has 2 heterocycles. The Morgan fingerprint density at radius 2 is 1.91 bits per heavy atom. The maximum Gasteiger partial charge on any atom is 0.244 e. The molecule has 1 N–H and O–H groups in total. The van der Waals surface area contributed by atoms with Crippen LogP contribution in [-0.2, 0) is 19.6 Å². The highest BCUT2D eigenvalue weighted by Crippen LogP contribution is 2.27. The van der Waals surface area contributed by atoms with Crippen molar-refractivity contribution in [2.24, 2.45) is 0 Å². The standard InChI is InChI=1S/C24H31ClN4O4S/c1-24(26-34(32,33)21-8-6-17-13-19(25)7-5-18(17)14-21)10-4-11-29(23(24)31)16-22(30)28(3)20-9-12-27(2)15-20/h5-8,13-14,20,26H,4,9-12,15-16H2,1-3H3. The van der Waals surface area contributed by atoms with Crippen molar-refractivity contribution in [3.05, 3.63) is 41.4 Å². The molecule has 2 unspecified atom stereocenters. The Morgan fingerprint density at radius 3 is 2.62 bits per heavy atom. The summed E-state index contributed by atoms with van der Waals surface area (Å²) in [5.74, 6) is -0.505. The van der Waals surface area contributed by atoms with E-state index in [9.17, 15) is 18.0 Å². The molecule has 0 saturated carbocycles. The van der Waals surface area contributed by atoms with Crippen LogP contribution in [0.1, 0.15) is 26.2 Å². The number of rotatable bonds is 6. The number of hydrogen-bond acceptors (Lipinski definition) is 5. The zero-order valence-corrected chi connectivity index (χ0v) is 21.3. The second kappa shape index (κ2) is 9.45. The molecule has 8 nitrogen and oxygen atoms in total. The minimum absolute atomic E-state index is 0.0520. The highest BCUT2D eigenvalue weighted by molar-refractivity contribution is 7.89. The van der Waals surface area contributed by atoms with Gasteiger partial charge < -0.3 is 14.7 Å². The molecule has 0 aromatic heterocycles. The van der Waals surface area contributed by atoms with Gasteiger partial charge in [-0.25, -0.2) is 8.42 Å².